The van der Waals surface area contributed by atoms with Gasteiger partial charge in [-0.05, 0) is 38.2 Å². The highest BCUT2D eigenvalue weighted by molar-refractivity contribution is 6.20. The molecule has 2 unspecified atom stereocenters. The Morgan fingerprint density at radius 2 is 2.00 bits per heavy atom. The van der Waals surface area contributed by atoms with Gasteiger partial charge in [-0.15, -0.1) is 11.6 Å². The van der Waals surface area contributed by atoms with E-state index in [9.17, 15) is 0 Å². The Kier molecular flexibility index (Phi) is 4.30. The molecule has 0 spiro atoms. The van der Waals surface area contributed by atoms with Gasteiger partial charge in [0.05, 0.1) is 11.2 Å². The first-order chi connectivity index (χ1) is 9.79. The molecule has 0 aliphatic heterocycles. The molecule has 1 fully saturated rings. The summed E-state index contributed by atoms with van der Waals surface area (Å²) in [6.45, 7) is 3.08. The van der Waals surface area contributed by atoms with Crippen molar-refractivity contribution in [1.82, 2.24) is 9.78 Å². The molecule has 3 rings (SSSR count). The average Bonchev–Trinajstić information content (AvgIpc) is 2.70. The minimum absolute atomic E-state index is 0.322. The first-order valence-electron chi connectivity index (χ1n) is 7.88. The van der Waals surface area contributed by atoms with Gasteiger partial charge in [0.15, 0.2) is 0 Å². The van der Waals surface area contributed by atoms with Crippen LogP contribution in [-0.2, 0) is 13.0 Å². The van der Waals surface area contributed by atoms with Gasteiger partial charge in [-0.2, -0.15) is 5.10 Å². The van der Waals surface area contributed by atoms with Crippen LogP contribution in [0.15, 0.2) is 24.3 Å². The van der Waals surface area contributed by atoms with E-state index < -0.39 is 0 Å². The van der Waals surface area contributed by atoms with Crippen LogP contribution in [-0.4, -0.2) is 15.2 Å². The number of para-hydroxylation sites is 1. The van der Waals surface area contributed by atoms with Crippen LogP contribution in [0.25, 0.3) is 10.9 Å². The Balaban J connectivity index is 1.90. The molecule has 0 N–H and O–H groups in total. The van der Waals surface area contributed by atoms with Crippen LogP contribution in [0.2, 0.25) is 0 Å². The number of fused-ring (bicyclic) bond motifs is 1. The average molecular weight is 291 g/mol. The third kappa shape index (κ3) is 2.71. The van der Waals surface area contributed by atoms with E-state index >= 15 is 0 Å². The number of aromatic nitrogens is 2. The van der Waals surface area contributed by atoms with Crippen molar-refractivity contribution in [3.63, 3.8) is 0 Å². The lowest BCUT2D eigenvalue weighted by atomic mass is 9.93. The Morgan fingerprint density at radius 1 is 1.20 bits per heavy atom. The minimum Gasteiger partial charge on any atom is -0.265 e. The van der Waals surface area contributed by atoms with E-state index in [0.29, 0.717) is 11.3 Å². The topological polar surface area (TPSA) is 17.8 Å². The molecule has 0 saturated heterocycles. The lowest BCUT2D eigenvalue weighted by molar-refractivity contribution is 0.458. The van der Waals surface area contributed by atoms with Gasteiger partial charge in [0.25, 0.3) is 0 Å². The summed E-state index contributed by atoms with van der Waals surface area (Å²) in [5.41, 5.74) is 2.49. The summed E-state index contributed by atoms with van der Waals surface area (Å²) in [5, 5.41) is 6.46. The highest BCUT2D eigenvalue weighted by atomic mass is 35.5. The summed E-state index contributed by atoms with van der Waals surface area (Å²) in [6, 6.07) is 8.57. The SMILES string of the molecule is CCn1nc(CC2CCCCCC2Cl)c2ccccc21. The maximum atomic E-state index is 6.59. The molecule has 1 aromatic carbocycles. The summed E-state index contributed by atoms with van der Waals surface area (Å²) in [4.78, 5) is 0. The summed E-state index contributed by atoms with van der Waals surface area (Å²) < 4.78 is 2.12. The fourth-order valence-electron chi connectivity index (χ4n) is 3.41. The van der Waals surface area contributed by atoms with Crippen LogP contribution in [0.1, 0.15) is 44.7 Å². The molecule has 20 heavy (non-hydrogen) atoms. The lowest BCUT2D eigenvalue weighted by Gasteiger charge is -2.18. The summed E-state index contributed by atoms with van der Waals surface area (Å²) >= 11 is 6.59. The largest absolute Gasteiger partial charge is 0.265 e. The quantitative estimate of drug-likeness (QED) is 0.587. The van der Waals surface area contributed by atoms with Gasteiger partial charge >= 0.3 is 0 Å². The van der Waals surface area contributed by atoms with Crippen LogP contribution < -0.4 is 0 Å². The molecule has 1 aromatic heterocycles. The first-order valence-corrected chi connectivity index (χ1v) is 8.31. The molecule has 2 atom stereocenters. The van der Waals surface area contributed by atoms with E-state index in [1.165, 1.54) is 48.7 Å². The molecule has 0 radical (unpaired) electrons. The lowest BCUT2D eigenvalue weighted by Crippen LogP contribution is -2.16. The Bertz CT molecular complexity index is 575. The second kappa shape index (κ2) is 6.17. The number of hydrogen-bond donors (Lipinski definition) is 0. The standard InChI is InChI=1S/C17H23ClN2/c1-2-20-17-11-7-6-9-14(17)16(19-20)12-13-8-4-3-5-10-15(13)18/h6-7,9,11,13,15H,2-5,8,10,12H2,1H3. The molecule has 0 bridgehead atoms. The fourth-order valence-corrected chi connectivity index (χ4v) is 3.77. The number of halogens is 1. The third-order valence-corrected chi connectivity index (χ3v) is 5.13. The number of rotatable bonds is 3. The van der Waals surface area contributed by atoms with Gasteiger partial charge in [-0.1, -0.05) is 37.5 Å². The van der Waals surface area contributed by atoms with Crippen LogP contribution in [0.5, 0.6) is 0 Å². The van der Waals surface area contributed by atoms with Crippen molar-refractivity contribution in [2.75, 3.05) is 0 Å². The second-order valence-electron chi connectivity index (χ2n) is 5.90. The second-order valence-corrected chi connectivity index (χ2v) is 6.46. The molecule has 1 aliphatic carbocycles. The summed E-state index contributed by atoms with van der Waals surface area (Å²) in [7, 11) is 0. The predicted octanol–water partition coefficient (Wildman–Crippen LogP) is 4.79. The first kappa shape index (κ1) is 13.9. The molecule has 1 heterocycles. The summed E-state index contributed by atoms with van der Waals surface area (Å²) in [5.74, 6) is 0.586. The monoisotopic (exact) mass is 290 g/mol. The van der Waals surface area contributed by atoms with E-state index in [-0.39, 0.29) is 0 Å². The molecule has 2 aromatic rings. The number of aryl methyl sites for hydroxylation is 1. The summed E-state index contributed by atoms with van der Waals surface area (Å²) in [6.07, 6.45) is 7.39. The van der Waals surface area contributed by atoms with Crippen LogP contribution in [0.3, 0.4) is 0 Å². The van der Waals surface area contributed by atoms with Crippen molar-refractivity contribution in [3.8, 4) is 0 Å². The van der Waals surface area contributed by atoms with Crippen molar-refractivity contribution < 1.29 is 0 Å². The number of alkyl halides is 1. The molecular formula is C17H23ClN2. The zero-order valence-corrected chi connectivity index (χ0v) is 12.9. The van der Waals surface area contributed by atoms with Gasteiger partial charge in [0.1, 0.15) is 0 Å². The smallest absolute Gasteiger partial charge is 0.0706 e. The number of hydrogen-bond acceptors (Lipinski definition) is 1. The number of benzene rings is 1. The van der Waals surface area contributed by atoms with Gasteiger partial charge in [-0.25, -0.2) is 0 Å². The zero-order chi connectivity index (χ0) is 13.9. The van der Waals surface area contributed by atoms with Gasteiger partial charge < -0.3 is 0 Å². The molecular weight excluding hydrogens is 268 g/mol. The Morgan fingerprint density at radius 3 is 2.85 bits per heavy atom. The normalized spacial score (nSPS) is 23.9. The van der Waals surface area contributed by atoms with E-state index in [1.54, 1.807) is 0 Å². The highest BCUT2D eigenvalue weighted by Gasteiger charge is 2.24. The number of nitrogens with zero attached hydrogens (tertiary/aromatic N) is 2. The van der Waals surface area contributed by atoms with Crippen molar-refractivity contribution in [2.45, 2.75) is 57.4 Å². The van der Waals surface area contributed by atoms with Gasteiger partial charge in [-0.3, -0.25) is 4.68 Å². The van der Waals surface area contributed by atoms with E-state index in [2.05, 4.69) is 35.9 Å². The third-order valence-electron chi connectivity index (χ3n) is 4.56. The fraction of sp³-hybridized carbons (Fsp3) is 0.588. The van der Waals surface area contributed by atoms with Crippen LogP contribution >= 0.6 is 11.6 Å². The predicted molar refractivity (Wildman–Crippen MR) is 85.3 cm³/mol. The van der Waals surface area contributed by atoms with E-state index in [0.717, 1.165) is 13.0 Å². The molecule has 2 nitrogen and oxygen atoms in total. The molecule has 108 valence electrons. The van der Waals surface area contributed by atoms with Crippen molar-refractivity contribution >= 4 is 22.5 Å². The maximum Gasteiger partial charge on any atom is 0.0706 e. The molecule has 1 saturated carbocycles. The van der Waals surface area contributed by atoms with Crippen molar-refractivity contribution in [2.24, 2.45) is 5.92 Å². The van der Waals surface area contributed by atoms with E-state index in [4.69, 9.17) is 16.7 Å². The van der Waals surface area contributed by atoms with Crippen LogP contribution in [0.4, 0.5) is 0 Å². The highest BCUT2D eigenvalue weighted by Crippen LogP contribution is 2.31. The van der Waals surface area contributed by atoms with Gasteiger partial charge in [0.2, 0.25) is 0 Å². The zero-order valence-electron chi connectivity index (χ0n) is 12.2. The van der Waals surface area contributed by atoms with Gasteiger partial charge in [0, 0.05) is 17.3 Å². The van der Waals surface area contributed by atoms with Crippen molar-refractivity contribution in [1.29, 1.82) is 0 Å². The maximum absolute atomic E-state index is 6.59. The Hall–Kier alpha value is -1.02. The molecule has 3 heteroatoms. The molecule has 1 aliphatic rings. The van der Waals surface area contributed by atoms with Crippen LogP contribution in [0, 0.1) is 5.92 Å². The molecule has 0 amide bonds. The van der Waals surface area contributed by atoms with Crippen molar-refractivity contribution in [3.05, 3.63) is 30.0 Å². The van der Waals surface area contributed by atoms with E-state index in [1.807, 2.05) is 0 Å². The Labute approximate surface area is 126 Å². The minimum atomic E-state index is 0.322.